The van der Waals surface area contributed by atoms with E-state index >= 15 is 0 Å². The summed E-state index contributed by atoms with van der Waals surface area (Å²) >= 11 is 0. The van der Waals surface area contributed by atoms with E-state index < -0.39 is 0 Å². The molecule has 1 atom stereocenters. The van der Waals surface area contributed by atoms with Crippen LogP contribution in [0.2, 0.25) is 0 Å². The van der Waals surface area contributed by atoms with Gasteiger partial charge in [-0.3, -0.25) is 9.59 Å². The highest BCUT2D eigenvalue weighted by Gasteiger charge is 2.29. The fraction of sp³-hybridized carbons (Fsp3) is 0.364. The van der Waals surface area contributed by atoms with Crippen LogP contribution in [-0.2, 0) is 11.2 Å². The predicted octanol–water partition coefficient (Wildman–Crippen LogP) is 2.87. The summed E-state index contributed by atoms with van der Waals surface area (Å²) in [4.78, 5) is 24.5. The number of amides is 1. The van der Waals surface area contributed by atoms with Gasteiger partial charge in [-0.1, -0.05) is 6.07 Å². The van der Waals surface area contributed by atoms with E-state index in [1.165, 1.54) is 20.1 Å². The maximum atomic E-state index is 12.6. The van der Waals surface area contributed by atoms with E-state index in [-0.39, 0.29) is 23.1 Å². The third kappa shape index (κ3) is 3.72. The molecule has 29 heavy (non-hydrogen) atoms. The molecule has 0 spiro atoms. The molecule has 2 aromatic rings. The van der Waals surface area contributed by atoms with Crippen molar-refractivity contribution in [3.05, 3.63) is 45.6 Å². The zero-order valence-electron chi connectivity index (χ0n) is 17.3. The van der Waals surface area contributed by atoms with Gasteiger partial charge in [0.25, 0.3) is 0 Å². The minimum absolute atomic E-state index is 0.167. The van der Waals surface area contributed by atoms with Gasteiger partial charge in [0.1, 0.15) is 0 Å². The largest absolute Gasteiger partial charge is 0.493 e. The van der Waals surface area contributed by atoms with Crippen molar-refractivity contribution >= 4 is 5.91 Å². The van der Waals surface area contributed by atoms with Crippen molar-refractivity contribution in [1.29, 1.82) is 0 Å². The maximum Gasteiger partial charge on any atom is 0.220 e. The van der Waals surface area contributed by atoms with Gasteiger partial charge in [0.2, 0.25) is 17.1 Å². The van der Waals surface area contributed by atoms with Gasteiger partial charge < -0.3 is 24.3 Å². The molecule has 2 aromatic carbocycles. The predicted molar refractivity (Wildman–Crippen MR) is 109 cm³/mol. The van der Waals surface area contributed by atoms with E-state index in [9.17, 15) is 9.59 Å². The van der Waals surface area contributed by atoms with E-state index in [1.807, 2.05) is 12.1 Å². The van der Waals surface area contributed by atoms with E-state index in [1.54, 1.807) is 27.4 Å². The van der Waals surface area contributed by atoms with Crippen LogP contribution in [0.25, 0.3) is 11.1 Å². The topological polar surface area (TPSA) is 83.1 Å². The third-order valence-corrected chi connectivity index (χ3v) is 5.10. The summed E-state index contributed by atoms with van der Waals surface area (Å²) in [6.45, 7) is 1.46. The Labute approximate surface area is 169 Å². The SMILES string of the molecule is COc1cc2c(c(OC)c1OC)-c1ccc(OC)c(=O)cc1C(NC(C)=O)[14CH2]C2. The number of carbonyl (C=O) groups is 1. The Morgan fingerprint density at radius 2 is 1.69 bits per heavy atom. The number of nitrogens with one attached hydrogen (secondary N) is 1. The summed E-state index contributed by atoms with van der Waals surface area (Å²) in [5.41, 5.74) is 3.01. The minimum Gasteiger partial charge on any atom is -0.493 e. The molecule has 3 rings (SSSR count). The number of rotatable bonds is 5. The van der Waals surface area contributed by atoms with Gasteiger partial charge in [-0.05, 0) is 47.7 Å². The molecule has 0 fully saturated rings. The molecule has 1 unspecified atom stereocenters. The fourth-order valence-electron chi connectivity index (χ4n) is 3.86. The average molecular weight is 401 g/mol. The summed E-state index contributed by atoms with van der Waals surface area (Å²) in [6.07, 6.45) is 1.27. The highest BCUT2D eigenvalue weighted by molar-refractivity contribution is 5.83. The first-order valence-electron chi connectivity index (χ1n) is 9.26. The Morgan fingerprint density at radius 3 is 2.28 bits per heavy atom. The van der Waals surface area contributed by atoms with Gasteiger partial charge in [-0.2, -0.15) is 0 Å². The molecule has 0 saturated heterocycles. The first kappa shape index (κ1) is 20.5. The van der Waals surface area contributed by atoms with Crippen molar-refractivity contribution in [3.8, 4) is 34.1 Å². The van der Waals surface area contributed by atoms with Crippen molar-refractivity contribution in [3.63, 3.8) is 0 Å². The molecule has 7 nitrogen and oxygen atoms in total. The maximum absolute atomic E-state index is 12.6. The molecule has 0 bridgehead atoms. The van der Waals surface area contributed by atoms with Crippen LogP contribution in [0.5, 0.6) is 23.0 Å². The zero-order valence-corrected chi connectivity index (χ0v) is 17.3. The van der Waals surface area contributed by atoms with Crippen LogP contribution in [0.4, 0.5) is 0 Å². The van der Waals surface area contributed by atoms with Crippen LogP contribution in [0, 0.1) is 0 Å². The molecule has 7 heteroatoms. The van der Waals surface area contributed by atoms with Gasteiger partial charge in [-0.25, -0.2) is 0 Å². The lowest BCUT2D eigenvalue weighted by Crippen LogP contribution is -2.26. The van der Waals surface area contributed by atoms with Crippen molar-refractivity contribution < 1.29 is 23.7 Å². The number of methoxy groups -OCH3 is 4. The molecule has 0 heterocycles. The normalized spacial score (nSPS) is 14.7. The molecule has 0 saturated carbocycles. The van der Waals surface area contributed by atoms with Crippen molar-refractivity contribution in [2.24, 2.45) is 0 Å². The highest BCUT2D eigenvalue weighted by Crippen LogP contribution is 2.50. The minimum atomic E-state index is -0.332. The van der Waals surface area contributed by atoms with Crippen LogP contribution in [0.15, 0.2) is 29.1 Å². The van der Waals surface area contributed by atoms with Gasteiger partial charge in [0.05, 0.1) is 34.5 Å². The third-order valence-electron chi connectivity index (χ3n) is 5.10. The summed E-state index contributed by atoms with van der Waals surface area (Å²) in [5.74, 6) is 1.60. The Balaban J connectivity index is 2.41. The van der Waals surface area contributed by atoms with Gasteiger partial charge in [-0.15, -0.1) is 0 Å². The molecule has 0 aliphatic heterocycles. The summed E-state index contributed by atoms with van der Waals surface area (Å²) in [7, 11) is 6.14. The van der Waals surface area contributed by atoms with E-state index in [2.05, 4.69) is 5.32 Å². The molecule has 1 amide bonds. The second-order valence-electron chi connectivity index (χ2n) is 6.75. The molecular formula is C22H25NO6. The fourth-order valence-corrected chi connectivity index (χ4v) is 3.86. The number of benzene rings is 1. The first-order valence-corrected chi connectivity index (χ1v) is 9.26. The number of hydrogen-bond donors (Lipinski definition) is 1. The standard InChI is InChI=1S/C22H25NO6/c1-12(24)23-16-8-6-13-10-19(27-3)21(28-4)22(29-5)20(13)14-7-9-18(26-2)17(25)11-15(14)16/h7,9-11,16H,6,8H2,1-5H3,(H,23,24)/i8+2. The van der Waals surface area contributed by atoms with Crippen LogP contribution < -0.4 is 29.7 Å². The molecule has 1 N–H and O–H groups in total. The summed E-state index contributed by atoms with van der Waals surface area (Å²) in [6, 6.07) is 6.57. The Morgan fingerprint density at radius 1 is 1.00 bits per heavy atom. The van der Waals surface area contributed by atoms with Gasteiger partial charge >= 0.3 is 0 Å². The lowest BCUT2D eigenvalue weighted by atomic mass is 9.95. The van der Waals surface area contributed by atoms with Crippen LogP contribution in [0.3, 0.4) is 0 Å². The average Bonchev–Trinajstić information content (AvgIpc) is 2.95. The van der Waals surface area contributed by atoms with Crippen molar-refractivity contribution in [2.75, 3.05) is 28.4 Å². The number of fused-ring (bicyclic) bond motifs is 3. The molecule has 1 aliphatic carbocycles. The number of hydrogen-bond acceptors (Lipinski definition) is 6. The molecule has 1 aliphatic rings. The molecule has 0 aromatic heterocycles. The van der Waals surface area contributed by atoms with Crippen LogP contribution in [0.1, 0.15) is 30.5 Å². The second-order valence-corrected chi connectivity index (χ2v) is 6.75. The Bertz CT molecular complexity index is 1000. The van der Waals surface area contributed by atoms with Crippen LogP contribution in [-0.4, -0.2) is 34.3 Å². The number of aryl methyl sites for hydroxylation is 1. The summed E-state index contributed by atoms with van der Waals surface area (Å²) in [5, 5.41) is 2.96. The zero-order chi connectivity index (χ0) is 21.1. The van der Waals surface area contributed by atoms with Crippen LogP contribution >= 0.6 is 0 Å². The Hall–Kier alpha value is -3.22. The monoisotopic (exact) mass is 401 g/mol. The van der Waals surface area contributed by atoms with E-state index in [0.29, 0.717) is 35.7 Å². The number of ether oxygens (including phenoxy) is 4. The molecule has 154 valence electrons. The summed E-state index contributed by atoms with van der Waals surface area (Å²) < 4.78 is 22.0. The van der Waals surface area contributed by atoms with Gasteiger partial charge in [0, 0.05) is 12.5 Å². The number of carbonyl (C=O) groups excluding carboxylic acids is 1. The van der Waals surface area contributed by atoms with Crippen molar-refractivity contribution in [1.82, 2.24) is 5.32 Å². The smallest absolute Gasteiger partial charge is 0.220 e. The van der Waals surface area contributed by atoms with Gasteiger partial charge in [0.15, 0.2) is 17.2 Å². The second kappa shape index (κ2) is 8.43. The molecule has 0 radical (unpaired) electrons. The first-order chi connectivity index (χ1) is 13.9. The quantitative estimate of drug-likeness (QED) is 0.830. The van der Waals surface area contributed by atoms with Crippen molar-refractivity contribution in [2.45, 2.75) is 25.8 Å². The molecular weight excluding hydrogens is 376 g/mol. The lowest BCUT2D eigenvalue weighted by molar-refractivity contribution is -0.119. The lowest BCUT2D eigenvalue weighted by Gasteiger charge is -2.19. The Kier molecular flexibility index (Phi) is 5.96. The van der Waals surface area contributed by atoms with E-state index in [0.717, 1.165) is 16.7 Å². The van der Waals surface area contributed by atoms with E-state index in [4.69, 9.17) is 18.9 Å². The highest BCUT2D eigenvalue weighted by atomic mass is 16.5.